The van der Waals surface area contributed by atoms with Gasteiger partial charge in [-0.05, 0) is 30.5 Å². The van der Waals surface area contributed by atoms with Crippen molar-refractivity contribution < 1.29 is 10.2 Å². The van der Waals surface area contributed by atoms with Gasteiger partial charge in [-0.1, -0.05) is 11.6 Å². The summed E-state index contributed by atoms with van der Waals surface area (Å²) in [6, 6.07) is 8.13. The first-order valence-corrected chi connectivity index (χ1v) is 7.29. The second-order valence-corrected chi connectivity index (χ2v) is 5.81. The van der Waals surface area contributed by atoms with Crippen LogP contribution in [-0.2, 0) is 6.54 Å². The lowest BCUT2D eigenvalue weighted by Gasteiger charge is -2.06. The van der Waals surface area contributed by atoms with Crippen LogP contribution in [0.15, 0.2) is 29.1 Å². The molecule has 0 unspecified atom stereocenters. The molecule has 0 amide bonds. The summed E-state index contributed by atoms with van der Waals surface area (Å²) in [6.07, 6.45) is 1.17. The van der Waals surface area contributed by atoms with Crippen LogP contribution in [0.3, 0.4) is 0 Å². The Bertz CT molecular complexity index is 631. The molecule has 0 fully saturated rings. The number of benzene rings is 1. The van der Waals surface area contributed by atoms with Gasteiger partial charge >= 0.3 is 0 Å². The van der Waals surface area contributed by atoms with E-state index in [4.69, 9.17) is 0 Å². The highest BCUT2D eigenvalue weighted by Gasteiger charge is 2.05. The average Bonchev–Trinajstić information content (AvgIpc) is 2.39. The van der Waals surface area contributed by atoms with Crippen LogP contribution in [0.25, 0.3) is 10.9 Å². The molecule has 1 aromatic carbocycles. The van der Waals surface area contributed by atoms with Crippen LogP contribution < -0.4 is 15.8 Å². The van der Waals surface area contributed by atoms with Crippen molar-refractivity contribution in [2.45, 2.75) is 19.9 Å². The molecule has 0 aliphatic heterocycles. The van der Waals surface area contributed by atoms with Gasteiger partial charge in [-0.15, -0.1) is 0 Å². The predicted molar refractivity (Wildman–Crippen MR) is 82.1 cm³/mol. The van der Waals surface area contributed by atoms with Gasteiger partial charge < -0.3 is 15.2 Å². The smallest absolute Gasteiger partial charge is 0.257 e. The lowest BCUT2D eigenvalue weighted by atomic mass is 10.1. The topological polar surface area (TPSA) is 53.9 Å². The predicted octanol–water partition coefficient (Wildman–Crippen LogP) is -0.565. The third kappa shape index (κ3) is 3.92. The highest BCUT2D eigenvalue weighted by Crippen LogP contribution is 2.12. The van der Waals surface area contributed by atoms with Crippen LogP contribution in [0.4, 0.5) is 0 Å². The summed E-state index contributed by atoms with van der Waals surface area (Å²) in [4.78, 5) is 16.4. The minimum absolute atomic E-state index is 0.0378. The fourth-order valence-electron chi connectivity index (χ4n) is 2.38. The Balaban J connectivity index is 2.02. The maximum Gasteiger partial charge on any atom is 0.257 e. The molecule has 4 heteroatoms. The van der Waals surface area contributed by atoms with Gasteiger partial charge in [0, 0.05) is 11.9 Å². The van der Waals surface area contributed by atoms with E-state index in [1.165, 1.54) is 23.4 Å². The number of nitrogens with two attached hydrogens (primary N) is 1. The molecule has 0 spiro atoms. The van der Waals surface area contributed by atoms with Crippen LogP contribution >= 0.6 is 0 Å². The van der Waals surface area contributed by atoms with Crippen molar-refractivity contribution in [1.82, 2.24) is 4.98 Å². The van der Waals surface area contributed by atoms with Gasteiger partial charge in [0.25, 0.3) is 5.56 Å². The van der Waals surface area contributed by atoms with Crippen LogP contribution in [-0.4, -0.2) is 32.2 Å². The van der Waals surface area contributed by atoms with Crippen molar-refractivity contribution in [2.75, 3.05) is 27.2 Å². The normalized spacial score (nSPS) is 11.4. The molecule has 0 bridgehead atoms. The minimum atomic E-state index is 0.0378. The summed E-state index contributed by atoms with van der Waals surface area (Å²) in [5.41, 5.74) is 3.03. The molecule has 0 aliphatic rings. The number of fused-ring (bicyclic) bond motifs is 1. The van der Waals surface area contributed by atoms with E-state index < -0.39 is 0 Å². The van der Waals surface area contributed by atoms with Crippen LogP contribution in [0.5, 0.6) is 0 Å². The average molecular weight is 275 g/mol. The van der Waals surface area contributed by atoms with E-state index in [1.807, 2.05) is 18.2 Å². The standard InChI is InChI=1S/C16H23N3O/c1-12-5-6-15-13(9-12)10-14(16(20)18-15)11-17-7-4-8-19(2)3/h5-6,9-10,17H,4,7-8,11H2,1-3H3,(H,18,20)/p+2. The van der Waals surface area contributed by atoms with Crippen molar-refractivity contribution in [3.05, 3.63) is 45.7 Å². The second kappa shape index (κ2) is 6.68. The molecule has 0 saturated carbocycles. The minimum Gasteiger partial charge on any atom is -0.342 e. The molecule has 1 aromatic heterocycles. The lowest BCUT2D eigenvalue weighted by molar-refractivity contribution is -0.860. The first-order valence-electron chi connectivity index (χ1n) is 7.29. The molecule has 4 nitrogen and oxygen atoms in total. The van der Waals surface area contributed by atoms with Crippen molar-refractivity contribution in [3.63, 3.8) is 0 Å². The third-order valence-corrected chi connectivity index (χ3v) is 3.53. The number of hydrogen-bond acceptors (Lipinski definition) is 1. The Kier molecular flexibility index (Phi) is 4.93. The molecule has 0 radical (unpaired) electrons. The summed E-state index contributed by atoms with van der Waals surface area (Å²) in [7, 11) is 4.33. The Hall–Kier alpha value is -1.65. The van der Waals surface area contributed by atoms with Gasteiger partial charge in [0.1, 0.15) is 6.54 Å². The van der Waals surface area contributed by atoms with Crippen molar-refractivity contribution in [1.29, 1.82) is 0 Å². The summed E-state index contributed by atoms with van der Waals surface area (Å²) >= 11 is 0. The van der Waals surface area contributed by atoms with E-state index in [9.17, 15) is 4.79 Å². The van der Waals surface area contributed by atoms with E-state index >= 15 is 0 Å². The number of aromatic amines is 1. The van der Waals surface area contributed by atoms with Crippen molar-refractivity contribution in [3.8, 4) is 0 Å². The maximum atomic E-state index is 12.0. The third-order valence-electron chi connectivity index (χ3n) is 3.53. The number of aromatic nitrogens is 1. The number of aryl methyl sites for hydroxylation is 1. The zero-order chi connectivity index (χ0) is 14.5. The maximum absolute atomic E-state index is 12.0. The molecule has 2 rings (SSSR count). The number of rotatable bonds is 6. The van der Waals surface area contributed by atoms with Crippen LogP contribution in [0, 0.1) is 6.92 Å². The molecule has 108 valence electrons. The second-order valence-electron chi connectivity index (χ2n) is 5.81. The number of hydrogen-bond donors (Lipinski definition) is 3. The molecule has 20 heavy (non-hydrogen) atoms. The zero-order valence-electron chi connectivity index (χ0n) is 12.6. The van der Waals surface area contributed by atoms with Crippen LogP contribution in [0.1, 0.15) is 17.5 Å². The van der Waals surface area contributed by atoms with Gasteiger partial charge in [0.2, 0.25) is 0 Å². The first kappa shape index (κ1) is 14.8. The summed E-state index contributed by atoms with van der Waals surface area (Å²) < 4.78 is 0. The number of quaternary nitrogens is 2. The molecular formula is C16H25N3O+2. The fourth-order valence-corrected chi connectivity index (χ4v) is 2.38. The quantitative estimate of drug-likeness (QED) is 0.608. The number of H-pyrrole nitrogens is 1. The Labute approximate surface area is 119 Å². The highest BCUT2D eigenvalue weighted by molar-refractivity contribution is 5.79. The summed E-state index contributed by atoms with van der Waals surface area (Å²) in [5.74, 6) is 0. The van der Waals surface area contributed by atoms with Gasteiger partial charge in [-0.3, -0.25) is 4.79 Å². The highest BCUT2D eigenvalue weighted by atomic mass is 16.1. The van der Waals surface area contributed by atoms with E-state index in [0.717, 1.165) is 29.6 Å². The van der Waals surface area contributed by atoms with Gasteiger partial charge in [0.15, 0.2) is 0 Å². The summed E-state index contributed by atoms with van der Waals surface area (Å²) in [6.45, 7) is 5.06. The zero-order valence-corrected chi connectivity index (χ0v) is 12.6. The monoisotopic (exact) mass is 275 g/mol. The molecule has 1 heterocycles. The van der Waals surface area contributed by atoms with E-state index in [0.29, 0.717) is 0 Å². The lowest BCUT2D eigenvalue weighted by Crippen LogP contribution is -3.06. The van der Waals surface area contributed by atoms with Gasteiger partial charge in [-0.2, -0.15) is 0 Å². The SMILES string of the molecule is Cc1ccc2[nH]c(=O)c(C[NH2+]CCC[NH+](C)C)cc2c1. The van der Waals surface area contributed by atoms with Gasteiger partial charge in [0.05, 0.1) is 32.7 Å². The van der Waals surface area contributed by atoms with E-state index in [2.05, 4.69) is 37.4 Å². The van der Waals surface area contributed by atoms with E-state index in [-0.39, 0.29) is 5.56 Å². The molecule has 0 atom stereocenters. The van der Waals surface area contributed by atoms with Gasteiger partial charge in [-0.25, -0.2) is 0 Å². The molecule has 4 N–H and O–H groups in total. The Morgan fingerprint density at radius 2 is 2.05 bits per heavy atom. The Morgan fingerprint density at radius 3 is 2.80 bits per heavy atom. The largest absolute Gasteiger partial charge is 0.342 e. The van der Waals surface area contributed by atoms with Crippen LogP contribution in [0.2, 0.25) is 0 Å². The molecule has 0 saturated heterocycles. The van der Waals surface area contributed by atoms with Crippen molar-refractivity contribution >= 4 is 10.9 Å². The summed E-state index contributed by atoms with van der Waals surface area (Å²) in [5, 5.41) is 3.33. The Morgan fingerprint density at radius 1 is 1.25 bits per heavy atom. The molecule has 0 aliphatic carbocycles. The number of nitrogens with one attached hydrogen (secondary N) is 2. The van der Waals surface area contributed by atoms with Crippen molar-refractivity contribution in [2.24, 2.45) is 0 Å². The number of pyridine rings is 1. The van der Waals surface area contributed by atoms with E-state index in [1.54, 1.807) is 0 Å². The molecule has 2 aromatic rings. The molecular weight excluding hydrogens is 250 g/mol. The first-order chi connectivity index (χ1) is 9.56. The fraction of sp³-hybridized carbons (Fsp3) is 0.438.